The van der Waals surface area contributed by atoms with Gasteiger partial charge in [0.15, 0.2) is 6.10 Å². The Kier molecular flexibility index (Phi) is 5.85. The van der Waals surface area contributed by atoms with Gasteiger partial charge in [-0.05, 0) is 13.3 Å². The van der Waals surface area contributed by atoms with Gasteiger partial charge in [0.1, 0.15) is 0 Å². The van der Waals surface area contributed by atoms with Crippen LogP contribution >= 0.6 is 0 Å². The van der Waals surface area contributed by atoms with Crippen molar-refractivity contribution in [3.63, 3.8) is 0 Å². The van der Waals surface area contributed by atoms with E-state index in [0.717, 1.165) is 7.11 Å². The Balaban J connectivity index is 2.53. The Morgan fingerprint density at radius 3 is 2.57 bits per heavy atom. The molecule has 1 amide bonds. The fourth-order valence-electron chi connectivity index (χ4n) is 1.68. The molecular formula is C12H17N3O6. The molecule has 0 saturated heterocycles. The van der Waals surface area contributed by atoms with Crippen molar-refractivity contribution >= 4 is 11.9 Å². The first-order valence-corrected chi connectivity index (χ1v) is 6.19. The van der Waals surface area contributed by atoms with Crippen LogP contribution in [0.15, 0.2) is 9.59 Å². The highest BCUT2D eigenvalue weighted by Crippen LogP contribution is 1.99. The van der Waals surface area contributed by atoms with Crippen LogP contribution in [0.1, 0.15) is 17.7 Å². The van der Waals surface area contributed by atoms with Gasteiger partial charge in [0.2, 0.25) is 5.91 Å². The molecule has 0 saturated carbocycles. The van der Waals surface area contributed by atoms with Gasteiger partial charge in [-0.2, -0.15) is 0 Å². The van der Waals surface area contributed by atoms with E-state index in [1.807, 2.05) is 0 Å². The SMILES string of the molecule is COC(=O)C(O)CNC(=O)CCc1c(C)[nH]c(=O)[nH]c1=O. The maximum atomic E-state index is 11.6. The number of aromatic amines is 2. The number of aliphatic hydroxyl groups is 1. The average Bonchev–Trinajstić information content (AvgIpc) is 2.42. The smallest absolute Gasteiger partial charge is 0.336 e. The largest absolute Gasteiger partial charge is 0.467 e. The summed E-state index contributed by atoms with van der Waals surface area (Å²) in [5.41, 5.74) is -0.449. The van der Waals surface area contributed by atoms with Gasteiger partial charge in [-0.25, -0.2) is 9.59 Å². The summed E-state index contributed by atoms with van der Waals surface area (Å²) >= 11 is 0. The standard InChI is InChI=1S/C12H17N3O6/c1-6-7(10(18)15-12(20)14-6)3-4-9(17)13-5-8(16)11(19)21-2/h8,16H,3-5H2,1-2H3,(H,13,17)(H2,14,15,18,20). The Morgan fingerprint density at radius 2 is 2.00 bits per heavy atom. The molecular weight excluding hydrogens is 282 g/mol. The second-order valence-corrected chi connectivity index (χ2v) is 4.35. The first-order chi connectivity index (χ1) is 9.85. The van der Waals surface area contributed by atoms with E-state index in [2.05, 4.69) is 20.0 Å². The highest BCUT2D eigenvalue weighted by atomic mass is 16.5. The van der Waals surface area contributed by atoms with E-state index >= 15 is 0 Å². The van der Waals surface area contributed by atoms with E-state index < -0.39 is 29.2 Å². The van der Waals surface area contributed by atoms with Crippen LogP contribution < -0.4 is 16.6 Å². The molecule has 0 aliphatic carbocycles. The molecule has 4 N–H and O–H groups in total. The van der Waals surface area contributed by atoms with Crippen molar-refractivity contribution < 1.29 is 19.4 Å². The highest BCUT2D eigenvalue weighted by Gasteiger charge is 2.16. The fraction of sp³-hybridized carbons (Fsp3) is 0.500. The highest BCUT2D eigenvalue weighted by molar-refractivity contribution is 5.78. The second-order valence-electron chi connectivity index (χ2n) is 4.35. The van der Waals surface area contributed by atoms with Gasteiger partial charge in [0.25, 0.3) is 5.56 Å². The molecule has 0 spiro atoms. The molecule has 0 bridgehead atoms. The maximum Gasteiger partial charge on any atom is 0.336 e. The number of hydrogen-bond acceptors (Lipinski definition) is 6. The van der Waals surface area contributed by atoms with Crippen molar-refractivity contribution in [3.05, 3.63) is 32.1 Å². The Morgan fingerprint density at radius 1 is 1.33 bits per heavy atom. The molecule has 0 aliphatic rings. The van der Waals surface area contributed by atoms with Crippen LogP contribution in [0.3, 0.4) is 0 Å². The molecule has 1 unspecified atom stereocenters. The predicted octanol–water partition coefficient (Wildman–Crippen LogP) is -2.05. The van der Waals surface area contributed by atoms with Crippen molar-refractivity contribution in [2.75, 3.05) is 13.7 Å². The third-order valence-corrected chi connectivity index (χ3v) is 2.82. The number of aryl methyl sites for hydroxylation is 1. The number of nitrogens with one attached hydrogen (secondary N) is 3. The van der Waals surface area contributed by atoms with E-state index in [1.165, 1.54) is 0 Å². The lowest BCUT2D eigenvalue weighted by Crippen LogP contribution is -2.37. The Bertz CT molecular complexity index is 633. The van der Waals surface area contributed by atoms with Gasteiger partial charge in [-0.3, -0.25) is 14.6 Å². The summed E-state index contributed by atoms with van der Waals surface area (Å²) in [4.78, 5) is 49.6. The first kappa shape index (κ1) is 16.6. The van der Waals surface area contributed by atoms with Crippen LogP contribution in [0.4, 0.5) is 0 Å². The zero-order valence-corrected chi connectivity index (χ0v) is 11.7. The number of esters is 1. The zero-order valence-electron chi connectivity index (χ0n) is 11.7. The van der Waals surface area contributed by atoms with Gasteiger partial charge in [-0.15, -0.1) is 0 Å². The number of ether oxygens (including phenoxy) is 1. The van der Waals surface area contributed by atoms with Crippen LogP contribution in [-0.4, -0.2) is 46.7 Å². The molecule has 0 aromatic carbocycles. The molecule has 1 atom stereocenters. The number of amides is 1. The van der Waals surface area contributed by atoms with Crippen molar-refractivity contribution in [1.29, 1.82) is 0 Å². The topological polar surface area (TPSA) is 141 Å². The number of carbonyl (C=O) groups is 2. The van der Waals surface area contributed by atoms with Gasteiger partial charge >= 0.3 is 11.7 Å². The third-order valence-electron chi connectivity index (χ3n) is 2.82. The quantitative estimate of drug-likeness (QED) is 0.446. The summed E-state index contributed by atoms with van der Waals surface area (Å²) in [6.45, 7) is 1.29. The molecule has 0 radical (unpaired) electrons. The summed E-state index contributed by atoms with van der Waals surface area (Å²) in [5.74, 6) is -1.29. The maximum absolute atomic E-state index is 11.6. The van der Waals surface area contributed by atoms with E-state index in [1.54, 1.807) is 6.92 Å². The summed E-state index contributed by atoms with van der Waals surface area (Å²) in [6, 6.07) is 0. The number of aliphatic hydroxyl groups excluding tert-OH is 1. The van der Waals surface area contributed by atoms with Crippen LogP contribution in [-0.2, 0) is 20.7 Å². The van der Waals surface area contributed by atoms with Gasteiger partial charge < -0.3 is 20.1 Å². The number of carbonyl (C=O) groups excluding carboxylic acids is 2. The van der Waals surface area contributed by atoms with Gasteiger partial charge in [-0.1, -0.05) is 0 Å². The fourth-order valence-corrected chi connectivity index (χ4v) is 1.68. The van der Waals surface area contributed by atoms with Crippen molar-refractivity contribution in [2.24, 2.45) is 0 Å². The van der Waals surface area contributed by atoms with Crippen LogP contribution in [0, 0.1) is 6.92 Å². The van der Waals surface area contributed by atoms with E-state index in [0.29, 0.717) is 11.3 Å². The summed E-state index contributed by atoms with van der Waals surface area (Å²) < 4.78 is 4.30. The molecule has 21 heavy (non-hydrogen) atoms. The first-order valence-electron chi connectivity index (χ1n) is 6.19. The predicted molar refractivity (Wildman–Crippen MR) is 71.8 cm³/mol. The number of hydrogen-bond donors (Lipinski definition) is 4. The van der Waals surface area contributed by atoms with E-state index in [-0.39, 0.29) is 19.4 Å². The van der Waals surface area contributed by atoms with Crippen LogP contribution in [0.25, 0.3) is 0 Å². The van der Waals surface area contributed by atoms with Crippen LogP contribution in [0.5, 0.6) is 0 Å². The van der Waals surface area contributed by atoms with Gasteiger partial charge in [0, 0.05) is 17.7 Å². The third kappa shape index (κ3) is 4.88. The van der Waals surface area contributed by atoms with Gasteiger partial charge in [0.05, 0.1) is 13.7 Å². The van der Waals surface area contributed by atoms with Crippen molar-refractivity contribution in [2.45, 2.75) is 25.9 Å². The van der Waals surface area contributed by atoms with E-state index in [4.69, 9.17) is 0 Å². The molecule has 1 aromatic rings. The van der Waals surface area contributed by atoms with Crippen molar-refractivity contribution in [3.8, 4) is 0 Å². The lowest BCUT2D eigenvalue weighted by Gasteiger charge is -2.10. The second kappa shape index (κ2) is 7.39. The Labute approximate surface area is 119 Å². The summed E-state index contributed by atoms with van der Waals surface area (Å²) in [6.07, 6.45) is -1.33. The number of rotatable bonds is 6. The normalized spacial score (nSPS) is 11.8. The molecule has 0 aliphatic heterocycles. The van der Waals surface area contributed by atoms with Crippen LogP contribution in [0.2, 0.25) is 0 Å². The molecule has 0 fully saturated rings. The molecule has 1 heterocycles. The minimum Gasteiger partial charge on any atom is -0.467 e. The van der Waals surface area contributed by atoms with E-state index in [9.17, 15) is 24.3 Å². The minimum absolute atomic E-state index is 0.0240. The molecule has 1 rings (SSSR count). The molecule has 116 valence electrons. The monoisotopic (exact) mass is 299 g/mol. The average molecular weight is 299 g/mol. The number of H-pyrrole nitrogens is 2. The number of aromatic nitrogens is 2. The van der Waals surface area contributed by atoms with Crippen molar-refractivity contribution in [1.82, 2.24) is 15.3 Å². The molecule has 1 aromatic heterocycles. The summed E-state index contributed by atoms with van der Waals surface area (Å²) in [7, 11) is 1.12. The minimum atomic E-state index is -1.43. The molecule has 9 heteroatoms. The molecule has 9 nitrogen and oxygen atoms in total. The zero-order chi connectivity index (χ0) is 16.0. The lowest BCUT2D eigenvalue weighted by atomic mass is 10.1. The lowest BCUT2D eigenvalue weighted by molar-refractivity contribution is -0.150. The Hall–Kier alpha value is -2.42. The number of methoxy groups -OCH3 is 1. The summed E-state index contributed by atoms with van der Waals surface area (Å²) in [5, 5.41) is 11.6.